The van der Waals surface area contributed by atoms with Gasteiger partial charge in [-0.1, -0.05) is 42.5 Å². The van der Waals surface area contributed by atoms with Gasteiger partial charge in [0.05, 0.1) is 11.6 Å². The molecule has 3 rings (SSSR count). The lowest BCUT2D eigenvalue weighted by Crippen LogP contribution is -2.27. The molecule has 1 aliphatic rings. The molecule has 0 spiro atoms. The molecule has 0 bridgehead atoms. The number of rotatable bonds is 2. The van der Waals surface area contributed by atoms with Crippen LogP contribution in [0.3, 0.4) is 0 Å². The first-order chi connectivity index (χ1) is 9.25. The maximum absolute atomic E-state index is 12.0. The van der Waals surface area contributed by atoms with E-state index in [0.29, 0.717) is 12.0 Å². The highest BCUT2D eigenvalue weighted by atomic mass is 16.5. The van der Waals surface area contributed by atoms with Gasteiger partial charge < -0.3 is 10.5 Å². The van der Waals surface area contributed by atoms with Crippen molar-refractivity contribution in [3.63, 3.8) is 0 Å². The standard InChI is InChI=1S/C16H15NO2/c17-15-13-9-5-4-8-12(13)10-14(15)19-16(18)11-6-2-1-3-7-11/h1-9,14-15H,10,17H2/t14-,15+/m1/s1. The molecule has 0 fully saturated rings. The zero-order valence-electron chi connectivity index (χ0n) is 10.5. The molecule has 3 heteroatoms. The molecule has 19 heavy (non-hydrogen) atoms. The van der Waals surface area contributed by atoms with Gasteiger partial charge in [0.2, 0.25) is 0 Å². The molecular weight excluding hydrogens is 238 g/mol. The molecule has 0 radical (unpaired) electrons. The number of carbonyl (C=O) groups excluding carboxylic acids is 1. The minimum Gasteiger partial charge on any atom is -0.456 e. The van der Waals surface area contributed by atoms with E-state index in [-0.39, 0.29) is 18.1 Å². The highest BCUT2D eigenvalue weighted by Crippen LogP contribution is 2.31. The van der Waals surface area contributed by atoms with Crippen LogP contribution in [0.1, 0.15) is 27.5 Å². The summed E-state index contributed by atoms with van der Waals surface area (Å²) in [6, 6.07) is 16.7. The fraction of sp³-hybridized carbons (Fsp3) is 0.188. The Kier molecular flexibility index (Phi) is 3.05. The van der Waals surface area contributed by atoms with Gasteiger partial charge in [-0.05, 0) is 23.3 Å². The summed E-state index contributed by atoms with van der Waals surface area (Å²) in [6.07, 6.45) is 0.417. The fourth-order valence-corrected chi connectivity index (χ4v) is 2.48. The number of fused-ring (bicyclic) bond motifs is 1. The van der Waals surface area contributed by atoms with Crippen molar-refractivity contribution in [3.05, 3.63) is 71.3 Å². The van der Waals surface area contributed by atoms with Crippen molar-refractivity contribution in [2.75, 3.05) is 0 Å². The van der Waals surface area contributed by atoms with E-state index in [9.17, 15) is 4.79 Å². The maximum atomic E-state index is 12.0. The van der Waals surface area contributed by atoms with E-state index in [1.807, 2.05) is 42.5 Å². The van der Waals surface area contributed by atoms with Crippen molar-refractivity contribution in [1.82, 2.24) is 0 Å². The second-order valence-corrected chi connectivity index (χ2v) is 4.74. The van der Waals surface area contributed by atoms with Crippen molar-refractivity contribution in [2.45, 2.75) is 18.6 Å². The van der Waals surface area contributed by atoms with Crippen LogP contribution in [0.15, 0.2) is 54.6 Å². The molecule has 2 aromatic carbocycles. The smallest absolute Gasteiger partial charge is 0.338 e. The fourth-order valence-electron chi connectivity index (χ4n) is 2.48. The monoisotopic (exact) mass is 253 g/mol. The number of esters is 1. The zero-order valence-corrected chi connectivity index (χ0v) is 10.5. The van der Waals surface area contributed by atoms with Gasteiger partial charge in [0, 0.05) is 6.42 Å². The van der Waals surface area contributed by atoms with E-state index < -0.39 is 0 Å². The second-order valence-electron chi connectivity index (χ2n) is 4.74. The molecule has 0 aliphatic heterocycles. The van der Waals surface area contributed by atoms with E-state index in [1.165, 1.54) is 5.56 Å². The zero-order chi connectivity index (χ0) is 13.2. The molecule has 96 valence electrons. The third-order valence-electron chi connectivity index (χ3n) is 3.50. The summed E-state index contributed by atoms with van der Waals surface area (Å²) < 4.78 is 5.53. The molecule has 0 saturated carbocycles. The lowest BCUT2D eigenvalue weighted by Gasteiger charge is -2.17. The molecule has 3 nitrogen and oxygen atoms in total. The number of hydrogen-bond donors (Lipinski definition) is 1. The van der Waals surface area contributed by atoms with Crippen molar-refractivity contribution in [3.8, 4) is 0 Å². The highest BCUT2D eigenvalue weighted by molar-refractivity contribution is 5.89. The Labute approximate surface area is 112 Å². The molecule has 2 aromatic rings. The largest absolute Gasteiger partial charge is 0.456 e. The van der Waals surface area contributed by atoms with Gasteiger partial charge in [-0.25, -0.2) is 4.79 Å². The summed E-state index contributed by atoms with van der Waals surface area (Å²) >= 11 is 0. The van der Waals surface area contributed by atoms with Crippen molar-refractivity contribution >= 4 is 5.97 Å². The van der Waals surface area contributed by atoms with Gasteiger partial charge >= 0.3 is 5.97 Å². The predicted molar refractivity (Wildman–Crippen MR) is 72.7 cm³/mol. The van der Waals surface area contributed by atoms with Gasteiger partial charge in [0.15, 0.2) is 0 Å². The van der Waals surface area contributed by atoms with Crippen LogP contribution in [-0.2, 0) is 11.2 Å². The van der Waals surface area contributed by atoms with Crippen LogP contribution in [0.4, 0.5) is 0 Å². The summed E-state index contributed by atoms with van der Waals surface area (Å²) in [4.78, 5) is 12.0. The molecule has 2 atom stereocenters. The Balaban J connectivity index is 1.75. The molecule has 0 amide bonds. The Morgan fingerprint density at radius 3 is 2.47 bits per heavy atom. The summed E-state index contributed by atoms with van der Waals surface area (Å²) in [5.74, 6) is -0.311. The molecule has 1 aliphatic carbocycles. The third-order valence-corrected chi connectivity index (χ3v) is 3.50. The Morgan fingerprint density at radius 1 is 1.05 bits per heavy atom. The first kappa shape index (κ1) is 11.9. The Morgan fingerprint density at radius 2 is 1.74 bits per heavy atom. The van der Waals surface area contributed by atoms with Gasteiger partial charge in [0.1, 0.15) is 6.10 Å². The van der Waals surface area contributed by atoms with E-state index >= 15 is 0 Å². The summed E-state index contributed by atoms with van der Waals surface area (Å²) in [5.41, 5.74) is 8.95. The first-order valence-corrected chi connectivity index (χ1v) is 6.35. The molecule has 0 heterocycles. The molecule has 0 unspecified atom stereocenters. The van der Waals surface area contributed by atoms with E-state index in [0.717, 1.165) is 5.56 Å². The number of hydrogen-bond acceptors (Lipinski definition) is 3. The van der Waals surface area contributed by atoms with Gasteiger partial charge in [-0.3, -0.25) is 0 Å². The van der Waals surface area contributed by atoms with Gasteiger partial charge in [0.25, 0.3) is 0 Å². The minimum absolute atomic E-state index is 0.233. The minimum atomic E-state index is -0.311. The van der Waals surface area contributed by atoms with Crippen LogP contribution in [0.5, 0.6) is 0 Å². The van der Waals surface area contributed by atoms with Crippen LogP contribution in [0, 0.1) is 0 Å². The van der Waals surface area contributed by atoms with Crippen LogP contribution in [0.2, 0.25) is 0 Å². The van der Waals surface area contributed by atoms with Gasteiger partial charge in [-0.2, -0.15) is 0 Å². The SMILES string of the molecule is N[C@H]1c2ccccc2C[C@H]1OC(=O)c1ccccc1. The maximum Gasteiger partial charge on any atom is 0.338 e. The summed E-state index contributed by atoms with van der Waals surface area (Å²) in [6.45, 7) is 0. The summed E-state index contributed by atoms with van der Waals surface area (Å²) in [5, 5.41) is 0. The number of benzene rings is 2. The van der Waals surface area contributed by atoms with Crippen LogP contribution in [-0.4, -0.2) is 12.1 Å². The Bertz CT molecular complexity index is 595. The average molecular weight is 253 g/mol. The van der Waals surface area contributed by atoms with E-state index in [1.54, 1.807) is 12.1 Å². The average Bonchev–Trinajstić information content (AvgIpc) is 2.77. The molecule has 2 N–H and O–H groups in total. The van der Waals surface area contributed by atoms with Crippen molar-refractivity contribution < 1.29 is 9.53 Å². The highest BCUT2D eigenvalue weighted by Gasteiger charge is 2.32. The second kappa shape index (κ2) is 4.86. The van der Waals surface area contributed by atoms with Gasteiger partial charge in [-0.15, -0.1) is 0 Å². The number of carbonyl (C=O) groups is 1. The molecule has 0 aromatic heterocycles. The number of ether oxygens (including phenoxy) is 1. The van der Waals surface area contributed by atoms with Crippen molar-refractivity contribution in [2.24, 2.45) is 5.73 Å². The lowest BCUT2D eigenvalue weighted by molar-refractivity contribution is 0.0268. The lowest BCUT2D eigenvalue weighted by atomic mass is 10.1. The topological polar surface area (TPSA) is 52.3 Å². The van der Waals surface area contributed by atoms with E-state index in [2.05, 4.69) is 0 Å². The number of nitrogens with two attached hydrogens (primary N) is 1. The van der Waals surface area contributed by atoms with E-state index in [4.69, 9.17) is 10.5 Å². The Hall–Kier alpha value is -2.13. The summed E-state index contributed by atoms with van der Waals surface area (Å²) in [7, 11) is 0. The molecular formula is C16H15NO2. The molecule has 0 saturated heterocycles. The van der Waals surface area contributed by atoms with Crippen molar-refractivity contribution in [1.29, 1.82) is 0 Å². The van der Waals surface area contributed by atoms with Crippen LogP contribution >= 0.6 is 0 Å². The predicted octanol–water partition coefficient (Wildman–Crippen LogP) is 2.47. The quantitative estimate of drug-likeness (QED) is 0.836. The normalized spacial score (nSPS) is 20.9. The first-order valence-electron chi connectivity index (χ1n) is 6.35. The third kappa shape index (κ3) is 2.25. The van der Waals surface area contributed by atoms with Crippen LogP contribution < -0.4 is 5.73 Å². The van der Waals surface area contributed by atoms with Crippen LogP contribution in [0.25, 0.3) is 0 Å².